The minimum atomic E-state index is -0.491. The van der Waals surface area contributed by atoms with Gasteiger partial charge < -0.3 is 5.32 Å². The molecule has 3 nitrogen and oxygen atoms in total. The number of carbonyl (C=O) groups is 1. The van der Waals surface area contributed by atoms with Gasteiger partial charge in [-0.25, -0.2) is 4.39 Å². The second kappa shape index (κ2) is 8.03. The molecule has 138 valence electrons. The summed E-state index contributed by atoms with van der Waals surface area (Å²) < 4.78 is 13.9. The molecule has 3 aromatic rings. The van der Waals surface area contributed by atoms with E-state index in [1.165, 1.54) is 28.1 Å². The van der Waals surface area contributed by atoms with Gasteiger partial charge in [0.2, 0.25) is 0 Å². The number of amides is 1. The van der Waals surface area contributed by atoms with Gasteiger partial charge in [0.1, 0.15) is 5.82 Å². The Morgan fingerprint density at radius 2 is 1.85 bits per heavy atom. The Morgan fingerprint density at radius 3 is 2.63 bits per heavy atom. The molecule has 0 bridgehead atoms. The number of halogens is 1. The monoisotopic (exact) mass is 380 g/mol. The minimum Gasteiger partial charge on any atom is -0.350 e. The molecule has 0 radical (unpaired) electrons. The zero-order chi connectivity index (χ0) is 18.6. The molecule has 4 rings (SSSR count). The van der Waals surface area contributed by atoms with Crippen LogP contribution in [-0.4, -0.2) is 23.9 Å². The molecule has 1 aliphatic rings. The maximum atomic E-state index is 13.9. The fourth-order valence-corrected chi connectivity index (χ4v) is 4.46. The molecule has 0 spiro atoms. The lowest BCUT2D eigenvalue weighted by molar-refractivity contribution is 0.0925. The van der Waals surface area contributed by atoms with Crippen molar-refractivity contribution in [3.63, 3.8) is 0 Å². The van der Waals surface area contributed by atoms with Gasteiger partial charge in [-0.2, -0.15) is 0 Å². The highest BCUT2D eigenvalue weighted by Crippen LogP contribution is 2.30. The molecule has 1 aromatic heterocycles. The SMILES string of the molecule is O=C(NCC(c1cccs1)N1CCc2ccccc2C1)c1ccccc1F. The largest absolute Gasteiger partial charge is 0.350 e. The number of nitrogens with one attached hydrogen (secondary N) is 1. The van der Waals surface area contributed by atoms with Crippen LogP contribution in [0.25, 0.3) is 0 Å². The molecule has 27 heavy (non-hydrogen) atoms. The van der Waals surface area contributed by atoms with Crippen LogP contribution < -0.4 is 5.32 Å². The predicted molar refractivity (Wildman–Crippen MR) is 106 cm³/mol. The lowest BCUT2D eigenvalue weighted by atomic mass is 9.98. The standard InChI is InChI=1S/C22H21FN2OS/c23-19-9-4-3-8-18(19)22(26)24-14-20(21-10-5-13-27-21)25-12-11-16-6-1-2-7-17(16)15-25/h1-10,13,20H,11-12,14-15H2,(H,24,26). The number of benzene rings is 2. The minimum absolute atomic E-state index is 0.0779. The molecular weight excluding hydrogens is 359 g/mol. The van der Waals surface area contributed by atoms with E-state index >= 15 is 0 Å². The number of carbonyl (C=O) groups excluding carboxylic acids is 1. The van der Waals surface area contributed by atoms with Crippen LogP contribution in [0.4, 0.5) is 4.39 Å². The van der Waals surface area contributed by atoms with Crippen LogP contribution in [0.3, 0.4) is 0 Å². The average molecular weight is 380 g/mol. The van der Waals surface area contributed by atoms with Crippen molar-refractivity contribution in [2.24, 2.45) is 0 Å². The zero-order valence-corrected chi connectivity index (χ0v) is 15.7. The van der Waals surface area contributed by atoms with Crippen LogP contribution in [-0.2, 0) is 13.0 Å². The number of nitrogens with zero attached hydrogens (tertiary/aromatic N) is 1. The summed E-state index contributed by atoms with van der Waals surface area (Å²) in [5.41, 5.74) is 2.83. The first-order valence-corrected chi connectivity index (χ1v) is 9.97. The number of hydrogen-bond donors (Lipinski definition) is 1. The Balaban J connectivity index is 1.51. The van der Waals surface area contributed by atoms with Gasteiger partial charge in [-0.05, 0) is 41.1 Å². The van der Waals surface area contributed by atoms with Crippen molar-refractivity contribution in [3.05, 3.63) is 93.4 Å². The molecule has 0 saturated heterocycles. The summed E-state index contributed by atoms with van der Waals surface area (Å²) in [5, 5.41) is 4.99. The molecule has 0 fully saturated rings. The van der Waals surface area contributed by atoms with E-state index in [-0.39, 0.29) is 17.5 Å². The van der Waals surface area contributed by atoms with E-state index < -0.39 is 5.82 Å². The third kappa shape index (κ3) is 3.94. The van der Waals surface area contributed by atoms with E-state index in [1.807, 2.05) is 6.07 Å². The fourth-order valence-electron chi connectivity index (χ4n) is 3.60. The van der Waals surface area contributed by atoms with E-state index in [0.717, 1.165) is 19.5 Å². The molecule has 5 heteroatoms. The number of fused-ring (bicyclic) bond motifs is 1. The van der Waals surface area contributed by atoms with Gasteiger partial charge in [0.25, 0.3) is 5.91 Å². The molecule has 1 aliphatic heterocycles. The highest BCUT2D eigenvalue weighted by Gasteiger charge is 2.26. The van der Waals surface area contributed by atoms with E-state index in [2.05, 4.69) is 45.9 Å². The summed E-state index contributed by atoms with van der Waals surface area (Å²) in [6.45, 7) is 2.25. The Morgan fingerprint density at radius 1 is 1.07 bits per heavy atom. The maximum absolute atomic E-state index is 13.9. The van der Waals surface area contributed by atoms with Crippen molar-refractivity contribution in [1.82, 2.24) is 10.2 Å². The van der Waals surface area contributed by atoms with Crippen molar-refractivity contribution < 1.29 is 9.18 Å². The van der Waals surface area contributed by atoms with Crippen molar-refractivity contribution in [2.45, 2.75) is 19.0 Å². The molecule has 0 saturated carbocycles. The van der Waals surface area contributed by atoms with Crippen molar-refractivity contribution >= 4 is 17.2 Å². The molecule has 1 N–H and O–H groups in total. The summed E-state index contributed by atoms with van der Waals surface area (Å²) in [6.07, 6.45) is 0.999. The number of thiophene rings is 1. The van der Waals surface area contributed by atoms with Gasteiger partial charge in [-0.1, -0.05) is 42.5 Å². The van der Waals surface area contributed by atoms with E-state index in [9.17, 15) is 9.18 Å². The van der Waals surface area contributed by atoms with Crippen LogP contribution in [0.2, 0.25) is 0 Å². The predicted octanol–water partition coefficient (Wildman–Crippen LogP) is 4.42. The van der Waals surface area contributed by atoms with Crippen LogP contribution in [0, 0.1) is 5.82 Å². The molecule has 1 atom stereocenters. The molecular formula is C22H21FN2OS. The van der Waals surface area contributed by atoms with Crippen molar-refractivity contribution in [2.75, 3.05) is 13.1 Å². The van der Waals surface area contributed by atoms with Gasteiger partial charge in [-0.15, -0.1) is 11.3 Å². The van der Waals surface area contributed by atoms with Crippen LogP contribution in [0.15, 0.2) is 66.0 Å². The lowest BCUT2D eigenvalue weighted by Crippen LogP contribution is -2.40. The lowest BCUT2D eigenvalue weighted by Gasteiger charge is -2.35. The fraction of sp³-hybridized carbons (Fsp3) is 0.227. The summed E-state index contributed by atoms with van der Waals surface area (Å²) in [5.74, 6) is -0.860. The zero-order valence-electron chi connectivity index (χ0n) is 14.9. The summed E-state index contributed by atoms with van der Waals surface area (Å²) in [7, 11) is 0. The van der Waals surface area contributed by atoms with Gasteiger partial charge in [0.05, 0.1) is 11.6 Å². The molecule has 1 amide bonds. The maximum Gasteiger partial charge on any atom is 0.254 e. The summed E-state index contributed by atoms with van der Waals surface area (Å²) >= 11 is 1.69. The van der Waals surface area contributed by atoms with Crippen molar-refractivity contribution in [3.8, 4) is 0 Å². The summed E-state index contributed by atoms with van der Waals surface area (Å²) in [6, 6.07) is 18.8. The van der Waals surface area contributed by atoms with Crippen LogP contribution in [0.5, 0.6) is 0 Å². The molecule has 0 aliphatic carbocycles. The third-order valence-electron chi connectivity index (χ3n) is 5.05. The normalized spacial score (nSPS) is 15.1. The average Bonchev–Trinajstić information content (AvgIpc) is 3.23. The first-order valence-electron chi connectivity index (χ1n) is 9.09. The Kier molecular flexibility index (Phi) is 5.32. The van der Waals surface area contributed by atoms with E-state index in [1.54, 1.807) is 23.5 Å². The van der Waals surface area contributed by atoms with Gasteiger partial charge in [0.15, 0.2) is 0 Å². The molecule has 1 unspecified atom stereocenters. The van der Waals surface area contributed by atoms with E-state index in [0.29, 0.717) is 6.54 Å². The highest BCUT2D eigenvalue weighted by atomic mass is 32.1. The van der Waals surface area contributed by atoms with Gasteiger partial charge in [-0.3, -0.25) is 9.69 Å². The number of hydrogen-bond acceptors (Lipinski definition) is 3. The second-order valence-electron chi connectivity index (χ2n) is 6.71. The van der Waals surface area contributed by atoms with Crippen LogP contribution in [0.1, 0.15) is 32.4 Å². The first-order chi connectivity index (χ1) is 13.2. The second-order valence-corrected chi connectivity index (χ2v) is 7.69. The topological polar surface area (TPSA) is 32.3 Å². The quantitative estimate of drug-likeness (QED) is 0.711. The third-order valence-corrected chi connectivity index (χ3v) is 6.02. The summed E-state index contributed by atoms with van der Waals surface area (Å²) in [4.78, 5) is 16.1. The van der Waals surface area contributed by atoms with Gasteiger partial charge >= 0.3 is 0 Å². The van der Waals surface area contributed by atoms with Gasteiger partial charge in [0, 0.05) is 24.5 Å². The Labute approximate surface area is 162 Å². The van der Waals surface area contributed by atoms with Crippen LogP contribution >= 0.6 is 11.3 Å². The smallest absolute Gasteiger partial charge is 0.254 e. The Hall–Kier alpha value is -2.50. The van der Waals surface area contributed by atoms with Crippen molar-refractivity contribution in [1.29, 1.82) is 0 Å². The number of rotatable bonds is 5. The molecule has 2 aromatic carbocycles. The Bertz CT molecular complexity index is 926. The highest BCUT2D eigenvalue weighted by molar-refractivity contribution is 7.10. The first kappa shape index (κ1) is 17.9. The molecule has 2 heterocycles. The van der Waals surface area contributed by atoms with E-state index in [4.69, 9.17) is 0 Å².